The van der Waals surface area contributed by atoms with Crippen LogP contribution < -0.4 is 5.32 Å². The van der Waals surface area contributed by atoms with Crippen molar-refractivity contribution in [3.05, 3.63) is 35.2 Å². The minimum atomic E-state index is -0.850. The van der Waals surface area contributed by atoms with E-state index in [4.69, 9.17) is 0 Å². The molecule has 0 fully saturated rings. The third-order valence-corrected chi connectivity index (χ3v) is 3.18. The quantitative estimate of drug-likeness (QED) is 0.900. The Kier molecular flexibility index (Phi) is 3.91. The van der Waals surface area contributed by atoms with E-state index in [9.17, 15) is 8.78 Å². The van der Waals surface area contributed by atoms with Crippen molar-refractivity contribution >= 4 is 16.5 Å². The summed E-state index contributed by atoms with van der Waals surface area (Å²) in [6.07, 6.45) is 0. The highest BCUT2D eigenvalue weighted by Gasteiger charge is 2.08. The van der Waals surface area contributed by atoms with Crippen molar-refractivity contribution in [1.29, 1.82) is 0 Å². The lowest BCUT2D eigenvalue weighted by Crippen LogP contribution is -2.07. The van der Waals surface area contributed by atoms with Gasteiger partial charge in [-0.1, -0.05) is 13.8 Å². The Morgan fingerprint density at radius 2 is 2.06 bits per heavy atom. The van der Waals surface area contributed by atoms with E-state index in [1.54, 1.807) is 0 Å². The monoisotopic (exact) mass is 268 g/mol. The molecule has 1 heterocycles. The van der Waals surface area contributed by atoms with Crippen LogP contribution in [0.2, 0.25) is 0 Å². The molecule has 1 aromatic carbocycles. The lowest BCUT2D eigenvalue weighted by molar-refractivity contribution is 0.509. The van der Waals surface area contributed by atoms with Crippen LogP contribution >= 0.6 is 11.3 Å². The zero-order chi connectivity index (χ0) is 13.1. The first kappa shape index (κ1) is 13.0. The molecule has 2 aromatic rings. The van der Waals surface area contributed by atoms with E-state index in [2.05, 4.69) is 24.1 Å². The van der Waals surface area contributed by atoms with Gasteiger partial charge in [0.25, 0.3) is 0 Å². The summed E-state index contributed by atoms with van der Waals surface area (Å²) in [5, 5.41) is 5.82. The van der Waals surface area contributed by atoms with E-state index >= 15 is 0 Å². The fraction of sp³-hybridized carbons (Fsp3) is 0.308. The summed E-state index contributed by atoms with van der Waals surface area (Å²) in [4.78, 5) is 4.34. The normalized spacial score (nSPS) is 10.9. The summed E-state index contributed by atoms with van der Waals surface area (Å²) in [6.45, 7) is 5.05. The van der Waals surface area contributed by atoms with Gasteiger partial charge in [-0.3, -0.25) is 0 Å². The molecule has 0 spiro atoms. The second-order valence-corrected chi connectivity index (χ2v) is 5.30. The molecular weight excluding hydrogens is 254 g/mol. The van der Waals surface area contributed by atoms with Crippen LogP contribution in [0.5, 0.6) is 0 Å². The van der Waals surface area contributed by atoms with Crippen LogP contribution in [-0.4, -0.2) is 11.5 Å². The van der Waals surface area contributed by atoms with Gasteiger partial charge in [-0.15, -0.1) is 11.3 Å². The Balaban J connectivity index is 2.16. The van der Waals surface area contributed by atoms with Gasteiger partial charge < -0.3 is 5.32 Å². The maximum atomic E-state index is 13.1. The number of aromatic nitrogens is 1. The predicted molar refractivity (Wildman–Crippen MR) is 70.8 cm³/mol. The molecule has 0 aliphatic rings. The number of rotatable bonds is 4. The lowest BCUT2D eigenvalue weighted by Gasteiger charge is -2.04. The number of benzene rings is 1. The van der Waals surface area contributed by atoms with Crippen molar-refractivity contribution in [3.8, 4) is 11.3 Å². The molecule has 0 atom stereocenters. The van der Waals surface area contributed by atoms with Gasteiger partial charge in [0.15, 0.2) is 16.8 Å². The summed E-state index contributed by atoms with van der Waals surface area (Å²) in [5.41, 5.74) is 1.24. The molecule has 0 aliphatic carbocycles. The molecule has 2 rings (SSSR count). The van der Waals surface area contributed by atoms with Crippen molar-refractivity contribution < 1.29 is 8.78 Å². The molecule has 0 amide bonds. The lowest BCUT2D eigenvalue weighted by atomic mass is 10.2. The summed E-state index contributed by atoms with van der Waals surface area (Å²) < 4.78 is 25.9. The molecule has 5 heteroatoms. The molecule has 18 heavy (non-hydrogen) atoms. The topological polar surface area (TPSA) is 24.9 Å². The zero-order valence-corrected chi connectivity index (χ0v) is 11.0. The predicted octanol–water partition coefficient (Wildman–Crippen LogP) is 4.16. The van der Waals surface area contributed by atoms with Crippen LogP contribution in [-0.2, 0) is 0 Å². The first-order valence-electron chi connectivity index (χ1n) is 5.71. The molecule has 1 N–H and O–H groups in total. The smallest absolute Gasteiger partial charge is 0.183 e. The number of nitrogens with one attached hydrogen (secondary N) is 1. The molecule has 2 nitrogen and oxygen atoms in total. The number of hydrogen-bond acceptors (Lipinski definition) is 3. The first-order valence-corrected chi connectivity index (χ1v) is 6.59. The van der Waals surface area contributed by atoms with Crippen LogP contribution in [0.15, 0.2) is 23.6 Å². The van der Waals surface area contributed by atoms with Crippen molar-refractivity contribution in [2.45, 2.75) is 13.8 Å². The van der Waals surface area contributed by atoms with Gasteiger partial charge in [0.1, 0.15) is 0 Å². The standard InChI is InChI=1S/C13H14F2N2S/c1-8(2)6-16-13-17-12(7-18-13)9-3-4-10(14)11(15)5-9/h3-5,7-8H,6H2,1-2H3,(H,16,17). The molecule has 0 radical (unpaired) electrons. The maximum Gasteiger partial charge on any atom is 0.183 e. The molecule has 0 aliphatic heterocycles. The number of halogens is 2. The average molecular weight is 268 g/mol. The summed E-state index contributed by atoms with van der Waals surface area (Å²) in [6, 6.07) is 3.81. The summed E-state index contributed by atoms with van der Waals surface area (Å²) >= 11 is 1.46. The van der Waals surface area contributed by atoms with Crippen molar-refractivity contribution in [2.75, 3.05) is 11.9 Å². The number of nitrogens with zero attached hydrogens (tertiary/aromatic N) is 1. The highest BCUT2D eigenvalue weighted by molar-refractivity contribution is 7.14. The molecule has 1 aromatic heterocycles. The van der Waals surface area contributed by atoms with Gasteiger partial charge in [-0.2, -0.15) is 0 Å². The van der Waals surface area contributed by atoms with Crippen molar-refractivity contribution in [3.63, 3.8) is 0 Å². The van der Waals surface area contributed by atoms with Gasteiger partial charge >= 0.3 is 0 Å². The molecular formula is C13H14F2N2S. The largest absolute Gasteiger partial charge is 0.361 e. The molecule has 0 bridgehead atoms. The Labute approximate surface area is 109 Å². The van der Waals surface area contributed by atoms with Crippen LogP contribution in [0, 0.1) is 17.6 Å². The Bertz CT molecular complexity index is 538. The summed E-state index contributed by atoms with van der Waals surface area (Å²) in [7, 11) is 0. The highest BCUT2D eigenvalue weighted by Crippen LogP contribution is 2.26. The third-order valence-electron chi connectivity index (χ3n) is 2.38. The van der Waals surface area contributed by atoms with Gasteiger partial charge in [0.05, 0.1) is 5.69 Å². The minimum Gasteiger partial charge on any atom is -0.361 e. The fourth-order valence-corrected chi connectivity index (χ4v) is 2.16. The van der Waals surface area contributed by atoms with Crippen LogP contribution in [0.3, 0.4) is 0 Å². The van der Waals surface area contributed by atoms with E-state index in [-0.39, 0.29) is 0 Å². The fourth-order valence-electron chi connectivity index (χ4n) is 1.43. The number of anilines is 1. The Hall–Kier alpha value is -1.49. The second kappa shape index (κ2) is 5.44. The number of hydrogen-bond donors (Lipinski definition) is 1. The van der Waals surface area contributed by atoms with Crippen molar-refractivity contribution in [2.24, 2.45) is 5.92 Å². The van der Waals surface area contributed by atoms with Gasteiger partial charge in [0.2, 0.25) is 0 Å². The maximum absolute atomic E-state index is 13.1. The Morgan fingerprint density at radius 1 is 1.28 bits per heavy atom. The average Bonchev–Trinajstić information content (AvgIpc) is 2.79. The SMILES string of the molecule is CC(C)CNc1nc(-c2ccc(F)c(F)c2)cs1. The Morgan fingerprint density at radius 3 is 2.72 bits per heavy atom. The van der Waals surface area contributed by atoms with Crippen LogP contribution in [0.4, 0.5) is 13.9 Å². The van der Waals surface area contributed by atoms with Crippen molar-refractivity contribution in [1.82, 2.24) is 4.98 Å². The minimum absolute atomic E-state index is 0.528. The van der Waals surface area contributed by atoms with Gasteiger partial charge in [-0.05, 0) is 24.1 Å². The van der Waals surface area contributed by atoms with Gasteiger partial charge in [-0.25, -0.2) is 13.8 Å². The molecule has 0 saturated heterocycles. The molecule has 0 saturated carbocycles. The van der Waals surface area contributed by atoms with Crippen LogP contribution in [0.1, 0.15) is 13.8 Å². The highest BCUT2D eigenvalue weighted by atomic mass is 32.1. The summed E-state index contributed by atoms with van der Waals surface area (Å²) in [5.74, 6) is -1.16. The molecule has 0 unspecified atom stereocenters. The third kappa shape index (κ3) is 3.04. The zero-order valence-electron chi connectivity index (χ0n) is 10.2. The van der Waals surface area contributed by atoms with E-state index < -0.39 is 11.6 Å². The van der Waals surface area contributed by atoms with E-state index in [1.165, 1.54) is 17.4 Å². The molecule has 96 valence electrons. The van der Waals surface area contributed by atoms with Crippen LogP contribution in [0.25, 0.3) is 11.3 Å². The second-order valence-electron chi connectivity index (χ2n) is 4.44. The van der Waals surface area contributed by atoms with E-state index in [0.29, 0.717) is 17.2 Å². The van der Waals surface area contributed by atoms with E-state index in [1.807, 2.05) is 5.38 Å². The van der Waals surface area contributed by atoms with E-state index in [0.717, 1.165) is 23.8 Å². The van der Waals surface area contributed by atoms with Gasteiger partial charge in [0, 0.05) is 17.5 Å². The number of thiazole rings is 1. The first-order chi connectivity index (χ1) is 8.56.